The fourth-order valence-electron chi connectivity index (χ4n) is 4.34. The highest BCUT2D eigenvalue weighted by molar-refractivity contribution is 7.51. The van der Waals surface area contributed by atoms with Gasteiger partial charge in [0.15, 0.2) is 11.5 Å². The lowest BCUT2D eigenvalue weighted by molar-refractivity contribution is -0.123. The van der Waals surface area contributed by atoms with Gasteiger partial charge < -0.3 is 24.4 Å². The average molecular weight is 428 g/mol. The van der Waals surface area contributed by atoms with Gasteiger partial charge in [0.2, 0.25) is 0 Å². The summed E-state index contributed by atoms with van der Waals surface area (Å²) in [5, 5.41) is 10.2. The predicted molar refractivity (Wildman–Crippen MR) is 120 cm³/mol. The van der Waals surface area contributed by atoms with Crippen molar-refractivity contribution in [3.8, 4) is 11.5 Å². The number of aliphatic hydroxyl groups is 1. The number of rotatable bonds is 6. The molecule has 1 amide bonds. The zero-order valence-electron chi connectivity index (χ0n) is 17.5. The summed E-state index contributed by atoms with van der Waals surface area (Å²) >= 11 is 0. The van der Waals surface area contributed by atoms with Crippen LogP contribution in [-0.4, -0.2) is 67.1 Å². The third-order valence-corrected chi connectivity index (χ3v) is 7.56. The van der Waals surface area contributed by atoms with Crippen molar-refractivity contribution in [1.29, 1.82) is 0 Å². The van der Waals surface area contributed by atoms with Gasteiger partial charge in [-0.3, -0.25) is 4.79 Å². The minimum absolute atomic E-state index is 0.0306. The van der Waals surface area contributed by atoms with Crippen LogP contribution in [0.1, 0.15) is 18.4 Å². The number of β-amino-alcohol motifs (C(OH)–C–C–N with tert-alkyl or cyclic N) is 1. The summed E-state index contributed by atoms with van der Waals surface area (Å²) in [6.45, 7) is 2.96. The Balaban J connectivity index is 1.49. The van der Waals surface area contributed by atoms with E-state index in [1.807, 2.05) is 23.1 Å². The van der Waals surface area contributed by atoms with Crippen LogP contribution in [0.5, 0.6) is 11.5 Å². The number of carbonyl (C=O) groups excluding carboxylic acids is 1. The number of piperidine rings is 1. The van der Waals surface area contributed by atoms with E-state index in [0.717, 1.165) is 43.4 Å². The normalized spacial score (nSPS) is 23.2. The molecule has 0 aliphatic carbocycles. The Hall–Kier alpha value is -2.14. The zero-order chi connectivity index (χ0) is 21.1. The van der Waals surface area contributed by atoms with Gasteiger partial charge in [0.1, 0.15) is 0 Å². The molecule has 1 aromatic rings. The molecule has 160 valence electrons. The van der Waals surface area contributed by atoms with E-state index >= 15 is 0 Å². The summed E-state index contributed by atoms with van der Waals surface area (Å²) in [5.74, 6) is 1.94. The van der Waals surface area contributed by atoms with Crippen LogP contribution in [0.15, 0.2) is 48.2 Å². The first kappa shape index (κ1) is 21.1. The third-order valence-electron chi connectivity index (χ3n) is 6.05. The Labute approximate surface area is 179 Å². The Kier molecular flexibility index (Phi) is 6.57. The molecular formula is C23H29N2O4P. The van der Waals surface area contributed by atoms with E-state index < -0.39 is 0 Å². The number of likely N-dealkylation sites (tertiary alicyclic amines) is 1. The second-order valence-corrected chi connectivity index (χ2v) is 9.21. The molecule has 3 aliphatic heterocycles. The summed E-state index contributed by atoms with van der Waals surface area (Å²) in [5.41, 5.74) is 2.24. The lowest BCUT2D eigenvalue weighted by atomic mass is 9.88. The van der Waals surface area contributed by atoms with Crippen molar-refractivity contribution >= 4 is 19.8 Å². The third kappa shape index (κ3) is 4.31. The summed E-state index contributed by atoms with van der Waals surface area (Å²) in [6, 6.07) is 5.81. The second kappa shape index (κ2) is 9.34. The van der Waals surface area contributed by atoms with Crippen molar-refractivity contribution in [2.75, 3.05) is 40.5 Å². The van der Waals surface area contributed by atoms with E-state index in [4.69, 9.17) is 14.6 Å². The number of carbonyl (C=O) groups is 1. The van der Waals surface area contributed by atoms with Crippen LogP contribution < -0.4 is 9.47 Å². The molecule has 2 atom stereocenters. The molecule has 30 heavy (non-hydrogen) atoms. The SMILES string of the molecule is COc1ccc(C2=CC(=O)N3C=C(C4CCN(CCO)CC4)C=CC3P2)cc1OC. The maximum Gasteiger partial charge on any atom is 0.252 e. The van der Waals surface area contributed by atoms with Gasteiger partial charge >= 0.3 is 0 Å². The monoisotopic (exact) mass is 428 g/mol. The number of hydrogen-bond acceptors (Lipinski definition) is 5. The number of amides is 1. The first-order valence-electron chi connectivity index (χ1n) is 10.4. The number of ether oxygens (including phenoxy) is 2. The first-order valence-corrected chi connectivity index (χ1v) is 11.5. The molecule has 6 nitrogen and oxygen atoms in total. The Bertz CT molecular complexity index is 887. The molecule has 7 heteroatoms. The topological polar surface area (TPSA) is 62.2 Å². The molecule has 1 N–H and O–H groups in total. The second-order valence-electron chi connectivity index (χ2n) is 7.79. The Morgan fingerprint density at radius 2 is 1.93 bits per heavy atom. The molecule has 0 bridgehead atoms. The molecule has 0 aromatic heterocycles. The Morgan fingerprint density at radius 3 is 2.63 bits per heavy atom. The maximum absolute atomic E-state index is 12.9. The number of hydrogen-bond donors (Lipinski definition) is 1. The smallest absolute Gasteiger partial charge is 0.252 e. The summed E-state index contributed by atoms with van der Waals surface area (Å²) in [6.07, 6.45) is 10.3. The lowest BCUT2D eigenvalue weighted by Gasteiger charge is -2.37. The molecule has 1 fully saturated rings. The van der Waals surface area contributed by atoms with E-state index in [2.05, 4.69) is 23.3 Å². The molecule has 0 spiro atoms. The van der Waals surface area contributed by atoms with E-state index in [1.165, 1.54) is 5.57 Å². The molecule has 0 saturated carbocycles. The standard InChI is InChI=1S/C23H29N2O4P/c1-28-19-5-3-17(13-20(19)29-2)21-14-22(27)25-15-18(4-6-23(25)30-21)16-7-9-24(10-8-16)11-12-26/h3-6,13-16,23,26,30H,7-12H2,1-2H3. The fraction of sp³-hybridized carbons (Fsp3) is 0.435. The van der Waals surface area contributed by atoms with E-state index in [1.54, 1.807) is 20.3 Å². The highest BCUT2D eigenvalue weighted by Gasteiger charge is 2.31. The van der Waals surface area contributed by atoms with Crippen LogP contribution >= 0.6 is 8.58 Å². The minimum atomic E-state index is 0.0306. The summed E-state index contributed by atoms with van der Waals surface area (Å²) in [4.78, 5) is 17.1. The predicted octanol–water partition coefficient (Wildman–Crippen LogP) is 3.05. The van der Waals surface area contributed by atoms with Crippen LogP contribution in [0.2, 0.25) is 0 Å². The maximum atomic E-state index is 12.9. The van der Waals surface area contributed by atoms with Crippen molar-refractivity contribution < 1.29 is 19.4 Å². The quantitative estimate of drug-likeness (QED) is 0.706. The highest BCUT2D eigenvalue weighted by atomic mass is 31.1. The first-order chi connectivity index (χ1) is 14.6. The molecule has 0 radical (unpaired) electrons. The molecule has 1 saturated heterocycles. The van der Waals surface area contributed by atoms with E-state index in [9.17, 15) is 4.79 Å². The number of allylic oxidation sites excluding steroid dienone is 2. The van der Waals surface area contributed by atoms with E-state index in [0.29, 0.717) is 26.0 Å². The lowest BCUT2D eigenvalue weighted by Crippen LogP contribution is -2.38. The van der Waals surface area contributed by atoms with Crippen LogP contribution in [0.3, 0.4) is 0 Å². The minimum Gasteiger partial charge on any atom is -0.493 e. The van der Waals surface area contributed by atoms with Crippen LogP contribution in [-0.2, 0) is 4.79 Å². The van der Waals surface area contributed by atoms with Gasteiger partial charge in [-0.2, -0.15) is 0 Å². The van der Waals surface area contributed by atoms with Crippen molar-refractivity contribution in [3.05, 3.63) is 53.8 Å². The molecule has 3 aliphatic rings. The molecule has 1 aromatic carbocycles. The van der Waals surface area contributed by atoms with Crippen LogP contribution in [0, 0.1) is 5.92 Å². The van der Waals surface area contributed by atoms with Gasteiger partial charge in [-0.1, -0.05) is 26.8 Å². The van der Waals surface area contributed by atoms with Gasteiger partial charge in [0.25, 0.3) is 5.91 Å². The van der Waals surface area contributed by atoms with Gasteiger partial charge in [-0.05, 0) is 60.4 Å². The zero-order valence-corrected chi connectivity index (χ0v) is 18.5. The molecule has 3 heterocycles. The number of nitrogens with zero attached hydrogens (tertiary/aromatic N) is 2. The number of benzene rings is 1. The van der Waals surface area contributed by atoms with Crippen molar-refractivity contribution in [2.45, 2.75) is 18.6 Å². The van der Waals surface area contributed by atoms with Crippen LogP contribution in [0.25, 0.3) is 5.31 Å². The van der Waals surface area contributed by atoms with Gasteiger partial charge in [0, 0.05) is 18.8 Å². The number of fused-ring (bicyclic) bond motifs is 1. The number of methoxy groups -OCH3 is 2. The number of aliphatic hydroxyl groups excluding tert-OH is 1. The fourth-order valence-corrected chi connectivity index (χ4v) is 5.72. The van der Waals surface area contributed by atoms with E-state index in [-0.39, 0.29) is 18.3 Å². The van der Waals surface area contributed by atoms with Crippen LogP contribution in [0.4, 0.5) is 0 Å². The van der Waals surface area contributed by atoms with Gasteiger partial charge in [-0.25, -0.2) is 0 Å². The van der Waals surface area contributed by atoms with Crippen molar-refractivity contribution in [3.63, 3.8) is 0 Å². The molecular weight excluding hydrogens is 399 g/mol. The summed E-state index contributed by atoms with van der Waals surface area (Å²) in [7, 11) is 3.72. The highest BCUT2D eigenvalue weighted by Crippen LogP contribution is 2.46. The van der Waals surface area contributed by atoms with Crippen molar-refractivity contribution in [2.24, 2.45) is 5.92 Å². The average Bonchev–Trinajstić information content (AvgIpc) is 2.79. The Morgan fingerprint density at radius 1 is 1.17 bits per heavy atom. The molecule has 4 rings (SSSR count). The van der Waals surface area contributed by atoms with Crippen molar-refractivity contribution in [1.82, 2.24) is 9.80 Å². The van der Waals surface area contributed by atoms with Gasteiger partial charge in [0.05, 0.1) is 26.6 Å². The molecule has 2 unspecified atom stereocenters. The largest absolute Gasteiger partial charge is 0.493 e. The summed E-state index contributed by atoms with van der Waals surface area (Å²) < 4.78 is 10.7. The van der Waals surface area contributed by atoms with Gasteiger partial charge in [-0.15, -0.1) is 0 Å².